The van der Waals surface area contributed by atoms with Gasteiger partial charge in [-0.25, -0.2) is 4.98 Å². The summed E-state index contributed by atoms with van der Waals surface area (Å²) in [5, 5.41) is 17.0. The Bertz CT molecular complexity index is 1100. The van der Waals surface area contributed by atoms with Crippen molar-refractivity contribution in [3.05, 3.63) is 79.2 Å². The molecule has 0 radical (unpaired) electrons. The van der Waals surface area contributed by atoms with Gasteiger partial charge < -0.3 is 5.32 Å². The van der Waals surface area contributed by atoms with Crippen molar-refractivity contribution >= 4 is 22.9 Å². The van der Waals surface area contributed by atoms with E-state index in [-0.39, 0.29) is 22.1 Å². The third-order valence-corrected chi connectivity index (χ3v) is 5.52. The van der Waals surface area contributed by atoms with Crippen molar-refractivity contribution in [1.29, 1.82) is 0 Å². The second-order valence-electron chi connectivity index (χ2n) is 8.41. The maximum Gasteiger partial charge on any atom is 0.272 e. The number of carbonyl (C=O) groups excluding carboxylic acids is 1. The summed E-state index contributed by atoms with van der Waals surface area (Å²) in [5.74, 6) is -0.1000. The number of nitro benzene ring substituents is 1. The number of thiazole rings is 1. The molecule has 1 N–H and O–H groups in total. The van der Waals surface area contributed by atoms with Crippen LogP contribution >= 0.6 is 11.3 Å². The van der Waals surface area contributed by atoms with Gasteiger partial charge in [0.15, 0.2) is 0 Å². The van der Waals surface area contributed by atoms with Crippen molar-refractivity contribution in [3.8, 4) is 11.3 Å². The summed E-state index contributed by atoms with van der Waals surface area (Å²) in [6.45, 7) is 13.5. The Morgan fingerprint density at radius 1 is 1.09 bits per heavy atom. The number of rotatable bonds is 5. The van der Waals surface area contributed by atoms with Crippen molar-refractivity contribution in [2.24, 2.45) is 0 Å². The fraction of sp³-hybridized carbons (Fsp3) is 0.360. The molecule has 0 saturated carbocycles. The van der Waals surface area contributed by atoms with Crippen LogP contribution in [-0.4, -0.2) is 21.4 Å². The molecule has 0 atom stereocenters. The standard InChI is InChI=1S/C23H25N3O3S.C2H6/c1-14-11-20(26(28)29)15(2)10-18(14)12-21-24-19(13-30-21)16-6-8-17(9-7-16)22(27)25-23(3,4)5;1-2/h6-11,13H,12H2,1-5H3,(H,25,27);1-2H3. The molecule has 0 fully saturated rings. The number of amides is 1. The van der Waals surface area contributed by atoms with Crippen LogP contribution < -0.4 is 5.32 Å². The second-order valence-corrected chi connectivity index (χ2v) is 9.35. The summed E-state index contributed by atoms with van der Waals surface area (Å²) in [5.41, 5.74) is 4.85. The molecule has 0 bridgehead atoms. The van der Waals surface area contributed by atoms with Gasteiger partial charge in [0.25, 0.3) is 11.6 Å². The Balaban J connectivity index is 0.00000176. The molecule has 1 heterocycles. The van der Waals surface area contributed by atoms with E-state index in [9.17, 15) is 14.9 Å². The van der Waals surface area contributed by atoms with Crippen molar-refractivity contribution in [3.63, 3.8) is 0 Å². The van der Waals surface area contributed by atoms with E-state index in [1.54, 1.807) is 36.5 Å². The fourth-order valence-corrected chi connectivity index (χ4v) is 3.97. The highest BCUT2D eigenvalue weighted by Gasteiger charge is 2.16. The van der Waals surface area contributed by atoms with Crippen LogP contribution in [0, 0.1) is 24.0 Å². The highest BCUT2D eigenvalue weighted by Crippen LogP contribution is 2.27. The van der Waals surface area contributed by atoms with Gasteiger partial charge in [-0.05, 0) is 63.9 Å². The van der Waals surface area contributed by atoms with Gasteiger partial charge in [-0.15, -0.1) is 11.3 Å². The molecule has 170 valence electrons. The van der Waals surface area contributed by atoms with Crippen LogP contribution in [0.1, 0.15) is 66.7 Å². The minimum atomic E-state index is -0.348. The zero-order valence-electron chi connectivity index (χ0n) is 19.8. The average molecular weight is 454 g/mol. The van der Waals surface area contributed by atoms with E-state index in [2.05, 4.69) is 5.32 Å². The van der Waals surface area contributed by atoms with Gasteiger partial charge >= 0.3 is 0 Å². The number of nitrogens with one attached hydrogen (secondary N) is 1. The summed E-state index contributed by atoms with van der Waals surface area (Å²) in [6.07, 6.45) is 0.626. The summed E-state index contributed by atoms with van der Waals surface area (Å²) in [4.78, 5) is 27.8. The Kier molecular flexibility index (Phi) is 8.27. The molecule has 0 aliphatic heterocycles. The van der Waals surface area contributed by atoms with Crippen LogP contribution in [0.3, 0.4) is 0 Å². The van der Waals surface area contributed by atoms with Gasteiger partial charge in [0, 0.05) is 40.1 Å². The molecule has 2 aromatic carbocycles. The van der Waals surface area contributed by atoms with E-state index >= 15 is 0 Å². The summed E-state index contributed by atoms with van der Waals surface area (Å²) in [7, 11) is 0. The number of aromatic nitrogens is 1. The Morgan fingerprint density at radius 3 is 2.28 bits per heavy atom. The summed E-state index contributed by atoms with van der Waals surface area (Å²) >= 11 is 1.56. The average Bonchev–Trinajstić information content (AvgIpc) is 3.19. The van der Waals surface area contributed by atoms with Gasteiger partial charge in [-0.3, -0.25) is 14.9 Å². The molecule has 1 amide bonds. The normalized spacial score (nSPS) is 10.8. The van der Waals surface area contributed by atoms with Gasteiger partial charge in [0.05, 0.1) is 15.6 Å². The highest BCUT2D eigenvalue weighted by molar-refractivity contribution is 7.10. The van der Waals surface area contributed by atoms with Crippen LogP contribution in [0.15, 0.2) is 41.8 Å². The van der Waals surface area contributed by atoms with Gasteiger partial charge in [0.2, 0.25) is 0 Å². The van der Waals surface area contributed by atoms with E-state index in [1.807, 2.05) is 65.1 Å². The summed E-state index contributed by atoms with van der Waals surface area (Å²) in [6, 6.07) is 10.9. The lowest BCUT2D eigenvalue weighted by molar-refractivity contribution is -0.385. The predicted molar refractivity (Wildman–Crippen MR) is 131 cm³/mol. The maximum atomic E-state index is 12.3. The zero-order chi connectivity index (χ0) is 24.1. The summed E-state index contributed by atoms with van der Waals surface area (Å²) < 4.78 is 0. The molecule has 6 nitrogen and oxygen atoms in total. The van der Waals surface area contributed by atoms with Crippen molar-refractivity contribution in [2.75, 3.05) is 0 Å². The van der Waals surface area contributed by atoms with Gasteiger partial charge in [-0.1, -0.05) is 26.0 Å². The molecule has 0 aliphatic carbocycles. The monoisotopic (exact) mass is 453 g/mol. The van der Waals surface area contributed by atoms with Crippen LogP contribution in [0.5, 0.6) is 0 Å². The van der Waals surface area contributed by atoms with Gasteiger partial charge in [0.1, 0.15) is 0 Å². The predicted octanol–water partition coefficient (Wildman–Crippen LogP) is 6.48. The van der Waals surface area contributed by atoms with Crippen molar-refractivity contribution < 1.29 is 9.72 Å². The molecular formula is C25H31N3O3S. The maximum absolute atomic E-state index is 12.3. The molecular weight excluding hydrogens is 422 g/mol. The lowest BCUT2D eigenvalue weighted by Gasteiger charge is -2.20. The lowest BCUT2D eigenvalue weighted by atomic mass is 10.0. The number of carbonyl (C=O) groups is 1. The molecule has 32 heavy (non-hydrogen) atoms. The molecule has 0 spiro atoms. The first-order chi connectivity index (χ1) is 15.0. The number of hydrogen-bond donors (Lipinski definition) is 1. The van der Waals surface area contributed by atoms with Crippen molar-refractivity contribution in [2.45, 2.75) is 60.4 Å². The van der Waals surface area contributed by atoms with Crippen LogP contribution in [0.25, 0.3) is 11.3 Å². The third kappa shape index (κ3) is 6.47. The van der Waals surface area contributed by atoms with Crippen LogP contribution in [0.4, 0.5) is 5.69 Å². The highest BCUT2D eigenvalue weighted by atomic mass is 32.1. The zero-order valence-corrected chi connectivity index (χ0v) is 20.6. The van der Waals surface area contributed by atoms with E-state index in [0.717, 1.165) is 27.4 Å². The quantitative estimate of drug-likeness (QED) is 0.354. The number of benzene rings is 2. The first-order valence-corrected chi connectivity index (χ1v) is 11.5. The molecule has 0 unspecified atom stereocenters. The van der Waals surface area contributed by atoms with Gasteiger partial charge in [-0.2, -0.15) is 0 Å². The van der Waals surface area contributed by atoms with E-state index in [1.165, 1.54) is 0 Å². The van der Waals surface area contributed by atoms with Crippen molar-refractivity contribution in [1.82, 2.24) is 10.3 Å². The third-order valence-electron chi connectivity index (χ3n) is 4.68. The van der Waals surface area contributed by atoms with E-state index in [4.69, 9.17) is 4.98 Å². The minimum absolute atomic E-state index is 0.1000. The number of hydrogen-bond acceptors (Lipinski definition) is 5. The smallest absolute Gasteiger partial charge is 0.272 e. The Labute approximate surface area is 193 Å². The topological polar surface area (TPSA) is 85.1 Å². The molecule has 0 saturated heterocycles. The van der Waals surface area contributed by atoms with Crippen LogP contribution in [0.2, 0.25) is 0 Å². The first kappa shape index (κ1) is 25.2. The first-order valence-electron chi connectivity index (χ1n) is 10.7. The van der Waals surface area contributed by atoms with E-state index in [0.29, 0.717) is 17.5 Å². The largest absolute Gasteiger partial charge is 0.347 e. The molecule has 3 aromatic rings. The SMILES string of the molecule is CC.Cc1cc([N+](=O)[O-])c(C)cc1Cc1nc(-c2ccc(C(=O)NC(C)(C)C)cc2)cs1. The molecule has 1 aromatic heterocycles. The second kappa shape index (κ2) is 10.5. The van der Waals surface area contributed by atoms with Crippen LogP contribution in [-0.2, 0) is 6.42 Å². The number of nitro groups is 1. The minimum Gasteiger partial charge on any atom is -0.347 e. The fourth-order valence-electron chi connectivity index (χ4n) is 3.14. The Morgan fingerprint density at radius 2 is 1.72 bits per heavy atom. The molecule has 7 heteroatoms. The van der Waals surface area contributed by atoms with E-state index < -0.39 is 0 Å². The lowest BCUT2D eigenvalue weighted by Crippen LogP contribution is -2.40. The molecule has 0 aliphatic rings. The molecule has 3 rings (SSSR count). The Hall–Kier alpha value is -3.06. The number of nitrogens with zero attached hydrogens (tertiary/aromatic N) is 2. The number of aryl methyl sites for hydroxylation is 2.